The van der Waals surface area contributed by atoms with Crippen molar-refractivity contribution in [1.82, 2.24) is 0 Å². The first-order chi connectivity index (χ1) is 9.58. The number of halogens is 3. The molecule has 0 fully saturated rings. The predicted molar refractivity (Wildman–Crippen MR) is 82.2 cm³/mol. The molecule has 0 N–H and O–H groups in total. The number of ketones is 1. The van der Waals surface area contributed by atoms with Crippen molar-refractivity contribution in [2.75, 3.05) is 0 Å². The standard InChI is InChI=1S/C15H9Cl2FOS/c16-12-2-1-3-13(17)15(12)20-9-8-14(19)10-4-6-11(18)7-5-10/h1-9H. The van der Waals surface area contributed by atoms with E-state index in [4.69, 9.17) is 23.2 Å². The van der Waals surface area contributed by atoms with Gasteiger partial charge in [-0.3, -0.25) is 4.79 Å². The third-order valence-electron chi connectivity index (χ3n) is 2.45. The molecule has 0 unspecified atom stereocenters. The maximum Gasteiger partial charge on any atom is 0.186 e. The maximum atomic E-state index is 12.7. The average molecular weight is 327 g/mol. The van der Waals surface area contributed by atoms with E-state index in [1.807, 2.05) is 0 Å². The molecule has 2 aromatic rings. The van der Waals surface area contributed by atoms with E-state index >= 15 is 0 Å². The van der Waals surface area contributed by atoms with Crippen molar-refractivity contribution < 1.29 is 9.18 Å². The van der Waals surface area contributed by atoms with Crippen molar-refractivity contribution in [2.24, 2.45) is 0 Å². The highest BCUT2D eigenvalue weighted by Gasteiger charge is 2.05. The van der Waals surface area contributed by atoms with E-state index in [2.05, 4.69) is 0 Å². The number of thioether (sulfide) groups is 1. The van der Waals surface area contributed by atoms with Gasteiger partial charge in [0.15, 0.2) is 5.78 Å². The van der Waals surface area contributed by atoms with Gasteiger partial charge in [0.05, 0.1) is 10.0 Å². The minimum absolute atomic E-state index is 0.208. The molecule has 1 nitrogen and oxygen atoms in total. The zero-order valence-electron chi connectivity index (χ0n) is 10.1. The Bertz CT molecular complexity index is 633. The van der Waals surface area contributed by atoms with Gasteiger partial charge in [-0.05, 0) is 47.9 Å². The van der Waals surface area contributed by atoms with Gasteiger partial charge in [0.25, 0.3) is 0 Å². The fraction of sp³-hybridized carbons (Fsp3) is 0. The quantitative estimate of drug-likeness (QED) is 0.412. The summed E-state index contributed by atoms with van der Waals surface area (Å²) in [6.07, 6.45) is 1.40. The monoisotopic (exact) mass is 326 g/mol. The van der Waals surface area contributed by atoms with Crippen LogP contribution in [0.15, 0.2) is 58.8 Å². The van der Waals surface area contributed by atoms with Crippen LogP contribution in [0.3, 0.4) is 0 Å². The van der Waals surface area contributed by atoms with Gasteiger partial charge >= 0.3 is 0 Å². The fourth-order valence-electron chi connectivity index (χ4n) is 1.47. The summed E-state index contributed by atoms with van der Waals surface area (Å²) in [5, 5.41) is 2.67. The number of allylic oxidation sites excluding steroid dienone is 1. The Hall–Kier alpha value is -1.29. The second kappa shape index (κ2) is 6.93. The molecule has 0 bridgehead atoms. The van der Waals surface area contributed by atoms with E-state index in [0.717, 1.165) is 0 Å². The molecule has 102 valence electrons. The summed E-state index contributed by atoms with van der Waals surface area (Å²) in [4.78, 5) is 12.5. The molecule has 0 atom stereocenters. The lowest BCUT2D eigenvalue weighted by atomic mass is 10.1. The highest BCUT2D eigenvalue weighted by Crippen LogP contribution is 2.34. The Labute approximate surface area is 130 Å². The Balaban J connectivity index is 2.07. The number of carbonyl (C=O) groups excluding carboxylic acids is 1. The SMILES string of the molecule is O=C(C=CSc1c(Cl)cccc1Cl)c1ccc(F)cc1. The summed E-state index contributed by atoms with van der Waals surface area (Å²) in [7, 11) is 0. The molecule has 20 heavy (non-hydrogen) atoms. The second-order valence-electron chi connectivity index (χ2n) is 3.84. The number of rotatable bonds is 4. The van der Waals surface area contributed by atoms with E-state index in [9.17, 15) is 9.18 Å². The Morgan fingerprint density at radius 1 is 1.05 bits per heavy atom. The van der Waals surface area contributed by atoms with Crippen LogP contribution in [0.2, 0.25) is 10.0 Å². The molecule has 0 aliphatic carbocycles. The van der Waals surface area contributed by atoms with Crippen LogP contribution in [0.1, 0.15) is 10.4 Å². The molecule has 0 heterocycles. The second-order valence-corrected chi connectivity index (χ2v) is 5.57. The van der Waals surface area contributed by atoms with E-state index in [0.29, 0.717) is 20.5 Å². The number of carbonyl (C=O) groups is 1. The summed E-state index contributed by atoms with van der Waals surface area (Å²) in [5.74, 6) is -0.580. The van der Waals surface area contributed by atoms with Crippen molar-refractivity contribution in [2.45, 2.75) is 4.90 Å². The summed E-state index contributed by atoms with van der Waals surface area (Å²) < 4.78 is 12.7. The van der Waals surface area contributed by atoms with Gasteiger partial charge < -0.3 is 0 Å². The molecular weight excluding hydrogens is 318 g/mol. The molecule has 0 spiro atoms. The van der Waals surface area contributed by atoms with Gasteiger partial charge in [0.2, 0.25) is 0 Å². The first-order valence-electron chi connectivity index (χ1n) is 5.65. The summed E-state index contributed by atoms with van der Waals surface area (Å²) in [5.41, 5.74) is 0.425. The molecule has 0 amide bonds. The van der Waals surface area contributed by atoms with Crippen LogP contribution in [-0.2, 0) is 0 Å². The smallest absolute Gasteiger partial charge is 0.186 e. The zero-order valence-corrected chi connectivity index (χ0v) is 12.5. The highest BCUT2D eigenvalue weighted by atomic mass is 35.5. The Morgan fingerprint density at radius 2 is 1.65 bits per heavy atom. The van der Waals surface area contributed by atoms with Crippen LogP contribution in [0.5, 0.6) is 0 Å². The molecule has 0 aliphatic rings. The topological polar surface area (TPSA) is 17.1 Å². The largest absolute Gasteiger partial charge is 0.289 e. The molecule has 2 rings (SSSR count). The van der Waals surface area contributed by atoms with Gasteiger partial charge in [-0.1, -0.05) is 41.0 Å². The van der Waals surface area contributed by atoms with Crippen molar-refractivity contribution in [1.29, 1.82) is 0 Å². The molecule has 0 saturated heterocycles. The number of benzene rings is 2. The van der Waals surface area contributed by atoms with Gasteiger partial charge in [0.1, 0.15) is 5.82 Å². The lowest BCUT2D eigenvalue weighted by molar-refractivity contribution is 0.104. The van der Waals surface area contributed by atoms with Crippen molar-refractivity contribution in [3.63, 3.8) is 0 Å². The van der Waals surface area contributed by atoms with Gasteiger partial charge in [0, 0.05) is 10.5 Å². The van der Waals surface area contributed by atoms with Gasteiger partial charge in [-0.2, -0.15) is 0 Å². The predicted octanol–water partition coefficient (Wildman–Crippen LogP) is 5.62. The summed E-state index contributed by atoms with van der Waals surface area (Å²) in [6.45, 7) is 0. The molecule has 0 saturated carbocycles. The van der Waals surface area contributed by atoms with E-state index in [1.54, 1.807) is 23.6 Å². The van der Waals surface area contributed by atoms with Crippen LogP contribution in [0.4, 0.5) is 4.39 Å². The molecule has 5 heteroatoms. The minimum atomic E-state index is -0.372. The Kier molecular flexibility index (Phi) is 5.24. The normalized spacial score (nSPS) is 10.9. The third kappa shape index (κ3) is 3.85. The van der Waals surface area contributed by atoms with Crippen molar-refractivity contribution >= 4 is 40.7 Å². The highest BCUT2D eigenvalue weighted by molar-refractivity contribution is 8.02. The average Bonchev–Trinajstić information content (AvgIpc) is 2.42. The summed E-state index contributed by atoms with van der Waals surface area (Å²) >= 11 is 13.3. The Morgan fingerprint density at radius 3 is 2.25 bits per heavy atom. The van der Waals surface area contributed by atoms with E-state index in [-0.39, 0.29) is 11.6 Å². The first-order valence-corrected chi connectivity index (χ1v) is 7.28. The first kappa shape index (κ1) is 15.1. The fourth-order valence-corrected chi connectivity index (χ4v) is 2.82. The van der Waals surface area contributed by atoms with Crippen molar-refractivity contribution in [3.05, 3.63) is 75.4 Å². The lowest BCUT2D eigenvalue weighted by Gasteiger charge is -2.02. The molecule has 0 aromatic heterocycles. The van der Waals surface area contributed by atoms with Crippen LogP contribution in [0.25, 0.3) is 0 Å². The van der Waals surface area contributed by atoms with E-state index < -0.39 is 0 Å². The summed E-state index contributed by atoms with van der Waals surface area (Å²) in [6, 6.07) is 10.6. The number of hydrogen-bond acceptors (Lipinski definition) is 2. The van der Waals surface area contributed by atoms with Gasteiger partial charge in [-0.25, -0.2) is 4.39 Å². The van der Waals surface area contributed by atoms with E-state index in [1.165, 1.54) is 42.1 Å². The molecule has 0 aliphatic heterocycles. The van der Waals surface area contributed by atoms with Gasteiger partial charge in [-0.15, -0.1) is 0 Å². The molecule has 2 aromatic carbocycles. The maximum absolute atomic E-state index is 12.7. The van der Waals surface area contributed by atoms with Crippen LogP contribution in [0, 0.1) is 5.82 Å². The molecular formula is C15H9Cl2FOS. The number of hydrogen-bond donors (Lipinski definition) is 0. The van der Waals surface area contributed by atoms with Crippen molar-refractivity contribution in [3.8, 4) is 0 Å². The van der Waals surface area contributed by atoms with Crippen LogP contribution in [-0.4, -0.2) is 5.78 Å². The zero-order chi connectivity index (χ0) is 14.5. The van der Waals surface area contributed by atoms with Crippen LogP contribution >= 0.6 is 35.0 Å². The molecule has 0 radical (unpaired) electrons. The minimum Gasteiger partial charge on any atom is -0.289 e. The lowest BCUT2D eigenvalue weighted by Crippen LogP contribution is -1.93. The van der Waals surface area contributed by atoms with Crippen LogP contribution < -0.4 is 0 Å². The third-order valence-corrected chi connectivity index (χ3v) is 4.25.